The molecule has 0 saturated carbocycles. The number of unbranched alkanes of at least 4 members (excludes halogenated alkanes) is 1. The predicted molar refractivity (Wildman–Crippen MR) is 89.9 cm³/mol. The van der Waals surface area contributed by atoms with Gasteiger partial charge in [0.05, 0.1) is 18.6 Å². The standard InChI is InChI=1S/C17H23NO4S/c1-2-3-9-22-16(21)18-11-17(12-19)8-10-23-14-7-5-4-6-13(14)15(17)20/h4-7,19H,2-3,8-12H2,1H3,(H,18,21). The molecule has 2 N–H and O–H groups in total. The molecule has 126 valence electrons. The molecule has 0 bridgehead atoms. The summed E-state index contributed by atoms with van der Waals surface area (Å²) in [5.41, 5.74) is -0.367. The number of benzene rings is 1. The lowest BCUT2D eigenvalue weighted by molar-refractivity contribution is 0.0619. The van der Waals surface area contributed by atoms with Crippen LogP contribution in [0, 0.1) is 5.41 Å². The fourth-order valence-corrected chi connectivity index (χ4v) is 3.72. The number of thioether (sulfide) groups is 1. The third-order valence-electron chi connectivity index (χ3n) is 4.06. The number of aliphatic hydroxyl groups excluding tert-OH is 1. The minimum atomic E-state index is -0.983. The van der Waals surface area contributed by atoms with Gasteiger partial charge in [-0.1, -0.05) is 31.5 Å². The number of nitrogens with one attached hydrogen (secondary N) is 1. The van der Waals surface area contributed by atoms with Gasteiger partial charge in [0.25, 0.3) is 0 Å². The van der Waals surface area contributed by atoms with Crippen LogP contribution in [0.4, 0.5) is 4.79 Å². The first-order valence-corrected chi connectivity index (χ1v) is 8.89. The molecule has 0 aromatic heterocycles. The Morgan fingerprint density at radius 3 is 2.96 bits per heavy atom. The van der Waals surface area contributed by atoms with Gasteiger partial charge in [-0.05, 0) is 24.7 Å². The Labute approximate surface area is 140 Å². The van der Waals surface area contributed by atoms with E-state index in [1.165, 1.54) is 0 Å². The molecular weight excluding hydrogens is 314 g/mol. The highest BCUT2D eigenvalue weighted by atomic mass is 32.2. The number of amides is 1. The van der Waals surface area contributed by atoms with Crippen molar-refractivity contribution in [3.05, 3.63) is 29.8 Å². The van der Waals surface area contributed by atoms with Crippen LogP contribution < -0.4 is 5.32 Å². The first-order valence-electron chi connectivity index (χ1n) is 7.91. The Hall–Kier alpha value is -1.53. The molecule has 0 radical (unpaired) electrons. The van der Waals surface area contributed by atoms with Gasteiger partial charge in [-0.2, -0.15) is 0 Å². The summed E-state index contributed by atoms with van der Waals surface area (Å²) >= 11 is 1.61. The van der Waals surface area contributed by atoms with Crippen molar-refractivity contribution in [2.45, 2.75) is 31.1 Å². The van der Waals surface area contributed by atoms with Crippen LogP contribution in [0.2, 0.25) is 0 Å². The second-order valence-corrected chi connectivity index (χ2v) is 6.84. The highest BCUT2D eigenvalue weighted by Crippen LogP contribution is 2.37. The number of carbonyl (C=O) groups excluding carboxylic acids is 2. The molecule has 1 aliphatic heterocycles. The lowest BCUT2D eigenvalue weighted by atomic mass is 9.78. The van der Waals surface area contributed by atoms with E-state index in [1.54, 1.807) is 17.8 Å². The van der Waals surface area contributed by atoms with Crippen LogP contribution in [0.1, 0.15) is 36.5 Å². The maximum atomic E-state index is 12.9. The first-order chi connectivity index (χ1) is 11.1. The van der Waals surface area contributed by atoms with E-state index in [9.17, 15) is 14.7 Å². The van der Waals surface area contributed by atoms with Crippen molar-refractivity contribution in [2.75, 3.05) is 25.5 Å². The molecule has 1 aliphatic rings. The molecule has 1 unspecified atom stereocenters. The Morgan fingerprint density at radius 1 is 1.43 bits per heavy atom. The topological polar surface area (TPSA) is 75.6 Å². The molecule has 0 spiro atoms. The van der Waals surface area contributed by atoms with Crippen molar-refractivity contribution >= 4 is 23.6 Å². The quantitative estimate of drug-likeness (QED) is 0.781. The third-order valence-corrected chi connectivity index (χ3v) is 5.13. The van der Waals surface area contributed by atoms with Crippen molar-refractivity contribution in [3.63, 3.8) is 0 Å². The normalized spacial score (nSPS) is 20.5. The fourth-order valence-electron chi connectivity index (χ4n) is 2.51. The average molecular weight is 337 g/mol. The summed E-state index contributed by atoms with van der Waals surface area (Å²) in [5, 5.41) is 12.5. The minimum Gasteiger partial charge on any atom is -0.450 e. The number of hydrogen-bond donors (Lipinski definition) is 2. The minimum absolute atomic E-state index is 0.0855. The van der Waals surface area contributed by atoms with Crippen LogP contribution >= 0.6 is 11.8 Å². The van der Waals surface area contributed by atoms with Crippen molar-refractivity contribution in [1.29, 1.82) is 0 Å². The van der Waals surface area contributed by atoms with E-state index in [0.29, 0.717) is 18.6 Å². The summed E-state index contributed by atoms with van der Waals surface area (Å²) in [6, 6.07) is 7.41. The lowest BCUT2D eigenvalue weighted by Crippen LogP contribution is -2.46. The van der Waals surface area contributed by atoms with Crippen LogP contribution in [0.15, 0.2) is 29.2 Å². The van der Waals surface area contributed by atoms with Gasteiger partial charge in [0.15, 0.2) is 5.78 Å². The number of ketones is 1. The molecule has 23 heavy (non-hydrogen) atoms. The van der Waals surface area contributed by atoms with Crippen molar-refractivity contribution in [3.8, 4) is 0 Å². The number of Topliss-reactive ketones (excluding diaryl/α,β-unsaturated/α-hetero) is 1. The lowest BCUT2D eigenvalue weighted by Gasteiger charge is -2.29. The number of carbonyl (C=O) groups is 2. The second kappa shape index (κ2) is 8.36. The number of alkyl carbamates (subject to hydrolysis) is 1. The summed E-state index contributed by atoms with van der Waals surface area (Å²) in [6.07, 6.45) is 1.72. The van der Waals surface area contributed by atoms with Crippen LogP contribution in [0.25, 0.3) is 0 Å². The molecule has 0 aliphatic carbocycles. The van der Waals surface area contributed by atoms with Gasteiger partial charge in [-0.25, -0.2) is 4.79 Å². The first kappa shape index (κ1) is 17.8. The van der Waals surface area contributed by atoms with Crippen LogP contribution in [0.3, 0.4) is 0 Å². The smallest absolute Gasteiger partial charge is 0.407 e. The monoisotopic (exact) mass is 337 g/mol. The van der Waals surface area contributed by atoms with Crippen molar-refractivity contribution in [2.24, 2.45) is 5.41 Å². The number of hydrogen-bond acceptors (Lipinski definition) is 5. The van der Waals surface area contributed by atoms with Gasteiger partial charge in [0.1, 0.15) is 0 Å². The third kappa shape index (κ3) is 4.26. The SMILES string of the molecule is CCCCOC(=O)NCC1(CO)CCSc2ccccc2C1=O. The van der Waals surface area contributed by atoms with Crippen molar-refractivity contribution in [1.82, 2.24) is 5.32 Å². The molecule has 0 saturated heterocycles. The summed E-state index contributed by atoms with van der Waals surface area (Å²) in [7, 11) is 0. The number of aliphatic hydroxyl groups is 1. The van der Waals surface area contributed by atoms with Gasteiger partial charge >= 0.3 is 6.09 Å². The average Bonchev–Trinajstić information content (AvgIpc) is 2.71. The van der Waals surface area contributed by atoms with E-state index in [4.69, 9.17) is 4.74 Å². The molecule has 1 aromatic carbocycles. The molecule has 2 rings (SSSR count). The number of fused-ring (bicyclic) bond motifs is 1. The zero-order valence-electron chi connectivity index (χ0n) is 13.3. The molecular formula is C17H23NO4S. The van der Waals surface area contributed by atoms with E-state index in [0.717, 1.165) is 23.5 Å². The Balaban J connectivity index is 2.07. The Kier molecular flexibility index (Phi) is 6.47. The molecule has 0 fully saturated rings. The van der Waals surface area contributed by atoms with Gasteiger partial charge < -0.3 is 15.2 Å². The summed E-state index contributed by atoms with van der Waals surface area (Å²) < 4.78 is 5.05. The fraction of sp³-hybridized carbons (Fsp3) is 0.529. The summed E-state index contributed by atoms with van der Waals surface area (Å²) in [6.45, 7) is 2.17. The van der Waals surface area contributed by atoms with Crippen LogP contribution in [-0.2, 0) is 4.74 Å². The second-order valence-electron chi connectivity index (χ2n) is 5.71. The molecule has 1 heterocycles. The zero-order chi connectivity index (χ0) is 16.7. The van der Waals surface area contributed by atoms with E-state index >= 15 is 0 Å². The zero-order valence-corrected chi connectivity index (χ0v) is 14.2. The summed E-state index contributed by atoms with van der Waals surface area (Å²) in [4.78, 5) is 25.6. The van der Waals surface area contributed by atoms with Gasteiger partial charge in [-0.15, -0.1) is 11.8 Å². The highest BCUT2D eigenvalue weighted by Gasteiger charge is 2.41. The van der Waals surface area contributed by atoms with E-state index in [1.807, 2.05) is 25.1 Å². The van der Waals surface area contributed by atoms with Crippen LogP contribution in [0.5, 0.6) is 0 Å². The van der Waals surface area contributed by atoms with E-state index < -0.39 is 11.5 Å². The summed E-state index contributed by atoms with van der Waals surface area (Å²) in [5.74, 6) is 0.602. The number of ether oxygens (including phenoxy) is 1. The molecule has 6 heteroatoms. The van der Waals surface area contributed by atoms with Crippen molar-refractivity contribution < 1.29 is 19.4 Å². The highest BCUT2D eigenvalue weighted by molar-refractivity contribution is 7.99. The maximum Gasteiger partial charge on any atom is 0.407 e. The largest absolute Gasteiger partial charge is 0.450 e. The van der Waals surface area contributed by atoms with E-state index in [2.05, 4.69) is 5.32 Å². The van der Waals surface area contributed by atoms with Crippen LogP contribution in [-0.4, -0.2) is 42.5 Å². The molecule has 1 aromatic rings. The Morgan fingerprint density at radius 2 is 2.22 bits per heavy atom. The Bertz CT molecular complexity index is 563. The van der Waals surface area contributed by atoms with Gasteiger partial charge in [0, 0.05) is 17.0 Å². The number of rotatable bonds is 6. The van der Waals surface area contributed by atoms with E-state index in [-0.39, 0.29) is 18.9 Å². The molecule has 5 nitrogen and oxygen atoms in total. The van der Waals surface area contributed by atoms with Gasteiger partial charge in [0.2, 0.25) is 0 Å². The maximum absolute atomic E-state index is 12.9. The molecule has 1 atom stereocenters. The predicted octanol–water partition coefficient (Wildman–Crippen LogP) is 2.87. The van der Waals surface area contributed by atoms with Gasteiger partial charge in [-0.3, -0.25) is 4.79 Å². The molecule has 1 amide bonds.